The Labute approximate surface area is 133 Å². The van der Waals surface area contributed by atoms with Crippen LogP contribution in [0.2, 0.25) is 10.0 Å². The molecule has 4 nitrogen and oxygen atoms in total. The van der Waals surface area contributed by atoms with Gasteiger partial charge in [-0.1, -0.05) is 42.3 Å². The molecule has 112 valence electrons. The molecule has 0 bridgehead atoms. The molecule has 0 saturated carbocycles. The van der Waals surface area contributed by atoms with Crippen molar-refractivity contribution in [3.63, 3.8) is 0 Å². The van der Waals surface area contributed by atoms with E-state index >= 15 is 0 Å². The van der Waals surface area contributed by atoms with E-state index < -0.39 is 0 Å². The van der Waals surface area contributed by atoms with Crippen LogP contribution in [0.5, 0.6) is 0 Å². The van der Waals surface area contributed by atoms with E-state index in [1.807, 2.05) is 38.1 Å². The third kappa shape index (κ3) is 3.77. The first-order valence-electron chi connectivity index (χ1n) is 6.80. The summed E-state index contributed by atoms with van der Waals surface area (Å²) < 4.78 is 1.38. The molecule has 1 N–H and O–H groups in total. The van der Waals surface area contributed by atoms with Crippen LogP contribution in [0.25, 0.3) is 0 Å². The zero-order valence-electron chi connectivity index (χ0n) is 11.9. The number of hydrogen-bond acceptors (Lipinski definition) is 3. The van der Waals surface area contributed by atoms with Gasteiger partial charge in [-0.15, -0.1) is 0 Å². The summed E-state index contributed by atoms with van der Waals surface area (Å²) in [5.41, 5.74) is 1.32. The second-order valence-electron chi connectivity index (χ2n) is 4.82. The fourth-order valence-electron chi connectivity index (χ4n) is 2.00. The van der Waals surface area contributed by atoms with E-state index in [-0.39, 0.29) is 16.6 Å². The van der Waals surface area contributed by atoms with Gasteiger partial charge >= 0.3 is 0 Å². The highest BCUT2D eigenvalue weighted by Gasteiger charge is 2.12. The van der Waals surface area contributed by atoms with E-state index in [1.54, 1.807) is 6.20 Å². The van der Waals surface area contributed by atoms with Gasteiger partial charge in [0.2, 0.25) is 0 Å². The molecule has 2 aromatic rings. The lowest BCUT2D eigenvalue weighted by atomic mass is 10.1. The fraction of sp³-hybridized carbons (Fsp3) is 0.333. The summed E-state index contributed by atoms with van der Waals surface area (Å²) in [6, 6.07) is 7.50. The maximum Gasteiger partial charge on any atom is 0.287 e. The molecule has 0 amide bonds. The molecule has 1 aromatic carbocycles. The molecule has 2 rings (SSSR count). The highest BCUT2D eigenvalue weighted by Crippen LogP contribution is 2.23. The first kappa shape index (κ1) is 15.9. The minimum atomic E-state index is -0.271. The fourth-order valence-corrected chi connectivity index (χ4v) is 2.33. The lowest BCUT2D eigenvalue weighted by Gasteiger charge is -2.17. The van der Waals surface area contributed by atoms with Crippen LogP contribution in [0, 0.1) is 0 Å². The maximum atomic E-state index is 12.1. The average molecular weight is 326 g/mol. The Kier molecular flexibility index (Phi) is 5.26. The predicted molar refractivity (Wildman–Crippen MR) is 87.3 cm³/mol. The zero-order chi connectivity index (χ0) is 15.4. The standard InChI is InChI=1S/C15H17Cl2N3O/c1-3-8-20-15(21)14(17)13(9-18-20)19-10(2)11-4-6-12(16)7-5-11/h4-7,9-10,19H,3,8H2,1-2H3. The number of aromatic nitrogens is 2. The number of halogens is 2. The van der Waals surface area contributed by atoms with Crippen LogP contribution in [-0.2, 0) is 6.54 Å². The van der Waals surface area contributed by atoms with Gasteiger partial charge in [0.15, 0.2) is 0 Å². The van der Waals surface area contributed by atoms with Crippen LogP contribution in [0.15, 0.2) is 35.3 Å². The van der Waals surface area contributed by atoms with E-state index in [0.29, 0.717) is 17.3 Å². The molecule has 0 radical (unpaired) electrons. The van der Waals surface area contributed by atoms with Gasteiger partial charge in [0.1, 0.15) is 5.02 Å². The van der Waals surface area contributed by atoms with Crippen molar-refractivity contribution < 1.29 is 0 Å². The molecule has 0 aliphatic carbocycles. The van der Waals surface area contributed by atoms with Gasteiger partial charge in [0, 0.05) is 17.6 Å². The second kappa shape index (κ2) is 6.96. The topological polar surface area (TPSA) is 46.9 Å². The van der Waals surface area contributed by atoms with E-state index in [2.05, 4.69) is 10.4 Å². The minimum absolute atomic E-state index is 0.0111. The van der Waals surface area contributed by atoms with Gasteiger partial charge in [-0.25, -0.2) is 4.68 Å². The summed E-state index contributed by atoms with van der Waals surface area (Å²) >= 11 is 12.0. The van der Waals surface area contributed by atoms with E-state index in [1.165, 1.54) is 4.68 Å². The normalized spacial score (nSPS) is 12.2. The Balaban J connectivity index is 2.21. The van der Waals surface area contributed by atoms with E-state index in [4.69, 9.17) is 23.2 Å². The average Bonchev–Trinajstić information content (AvgIpc) is 2.47. The summed E-state index contributed by atoms with van der Waals surface area (Å²) in [6.45, 7) is 4.53. The number of benzene rings is 1. The molecule has 0 aliphatic heterocycles. The van der Waals surface area contributed by atoms with Crippen molar-refractivity contribution >= 4 is 28.9 Å². The molecule has 6 heteroatoms. The van der Waals surface area contributed by atoms with Crippen molar-refractivity contribution in [2.24, 2.45) is 0 Å². The first-order valence-corrected chi connectivity index (χ1v) is 7.56. The van der Waals surface area contributed by atoms with Crippen LogP contribution in [-0.4, -0.2) is 9.78 Å². The summed E-state index contributed by atoms with van der Waals surface area (Å²) in [6.07, 6.45) is 2.42. The second-order valence-corrected chi connectivity index (χ2v) is 5.63. The van der Waals surface area contributed by atoms with Crippen molar-refractivity contribution in [1.29, 1.82) is 0 Å². The number of anilines is 1. The number of aryl methyl sites for hydroxylation is 1. The number of nitrogens with zero attached hydrogens (tertiary/aromatic N) is 2. The number of nitrogens with one attached hydrogen (secondary N) is 1. The van der Waals surface area contributed by atoms with Crippen molar-refractivity contribution in [2.45, 2.75) is 32.9 Å². The lowest BCUT2D eigenvalue weighted by Crippen LogP contribution is -2.24. The molecule has 1 aromatic heterocycles. The Morgan fingerprint density at radius 3 is 2.57 bits per heavy atom. The monoisotopic (exact) mass is 325 g/mol. The molecule has 1 unspecified atom stereocenters. The Hall–Kier alpha value is -1.52. The van der Waals surface area contributed by atoms with Gasteiger partial charge < -0.3 is 5.32 Å². The van der Waals surface area contributed by atoms with Gasteiger partial charge in [0.05, 0.1) is 11.9 Å². The molecule has 0 spiro atoms. The number of hydrogen-bond donors (Lipinski definition) is 1. The summed E-state index contributed by atoms with van der Waals surface area (Å²) in [5, 5.41) is 8.18. The largest absolute Gasteiger partial charge is 0.376 e. The summed E-state index contributed by atoms with van der Waals surface area (Å²) in [4.78, 5) is 12.1. The van der Waals surface area contributed by atoms with Crippen LogP contribution >= 0.6 is 23.2 Å². The van der Waals surface area contributed by atoms with Gasteiger partial charge in [0.25, 0.3) is 5.56 Å². The summed E-state index contributed by atoms with van der Waals surface area (Å²) in [5.74, 6) is 0. The number of rotatable bonds is 5. The van der Waals surface area contributed by atoms with Crippen molar-refractivity contribution in [2.75, 3.05) is 5.32 Å². The maximum absolute atomic E-state index is 12.1. The van der Waals surface area contributed by atoms with Gasteiger partial charge in [-0.2, -0.15) is 5.10 Å². The Morgan fingerprint density at radius 2 is 1.95 bits per heavy atom. The molecule has 1 atom stereocenters. The Bertz CT molecular complexity index is 668. The molecule has 1 heterocycles. The third-order valence-corrected chi connectivity index (χ3v) is 3.78. The van der Waals surface area contributed by atoms with E-state index in [9.17, 15) is 4.79 Å². The Morgan fingerprint density at radius 1 is 1.29 bits per heavy atom. The van der Waals surface area contributed by atoms with Crippen molar-refractivity contribution in [1.82, 2.24) is 9.78 Å². The van der Waals surface area contributed by atoms with E-state index in [0.717, 1.165) is 12.0 Å². The van der Waals surface area contributed by atoms with Crippen LogP contribution in [0.3, 0.4) is 0 Å². The van der Waals surface area contributed by atoms with Gasteiger partial charge in [-0.3, -0.25) is 4.79 Å². The minimum Gasteiger partial charge on any atom is -0.376 e. The molecule has 0 fully saturated rings. The molecule has 0 saturated heterocycles. The zero-order valence-corrected chi connectivity index (χ0v) is 13.4. The smallest absolute Gasteiger partial charge is 0.287 e. The van der Waals surface area contributed by atoms with Crippen molar-refractivity contribution in [3.05, 3.63) is 56.4 Å². The molecular formula is C15H17Cl2N3O. The highest BCUT2D eigenvalue weighted by molar-refractivity contribution is 6.33. The molecule has 0 aliphatic rings. The predicted octanol–water partition coefficient (Wildman–Crippen LogP) is 4.13. The lowest BCUT2D eigenvalue weighted by molar-refractivity contribution is 0.568. The quantitative estimate of drug-likeness (QED) is 0.898. The molecular weight excluding hydrogens is 309 g/mol. The summed E-state index contributed by atoms with van der Waals surface area (Å²) in [7, 11) is 0. The van der Waals surface area contributed by atoms with Gasteiger partial charge in [-0.05, 0) is 31.0 Å². The first-order chi connectivity index (χ1) is 10.0. The highest BCUT2D eigenvalue weighted by atomic mass is 35.5. The third-order valence-electron chi connectivity index (χ3n) is 3.16. The van der Waals surface area contributed by atoms with Crippen LogP contribution < -0.4 is 10.9 Å². The van der Waals surface area contributed by atoms with Crippen molar-refractivity contribution in [3.8, 4) is 0 Å². The van der Waals surface area contributed by atoms with Crippen LogP contribution in [0.1, 0.15) is 31.9 Å². The SMILES string of the molecule is CCCn1ncc(NC(C)c2ccc(Cl)cc2)c(Cl)c1=O. The molecule has 21 heavy (non-hydrogen) atoms. The van der Waals surface area contributed by atoms with Crippen LogP contribution in [0.4, 0.5) is 5.69 Å².